The highest BCUT2D eigenvalue weighted by Gasteiger charge is 2.28. The number of hydrogen-bond acceptors (Lipinski definition) is 3. The average molecular weight is 172 g/mol. The van der Waals surface area contributed by atoms with Crippen molar-refractivity contribution in [1.29, 1.82) is 0 Å². The molecule has 2 unspecified atom stereocenters. The third-order valence-electron chi connectivity index (χ3n) is 2.44. The Balaban J connectivity index is 2.57. The van der Waals surface area contributed by atoms with Crippen LogP contribution in [0.3, 0.4) is 0 Å². The Hall–Kier alpha value is -0.610. The van der Waals surface area contributed by atoms with Gasteiger partial charge in [-0.3, -0.25) is 4.79 Å². The number of aliphatic hydroxyl groups excluding tert-OH is 1. The monoisotopic (exact) mass is 172 g/mol. The van der Waals surface area contributed by atoms with Crippen molar-refractivity contribution in [2.45, 2.75) is 31.9 Å². The smallest absolute Gasteiger partial charge is 0.236 e. The van der Waals surface area contributed by atoms with Crippen molar-refractivity contribution in [2.24, 2.45) is 5.73 Å². The largest absolute Gasteiger partial charge is 0.391 e. The lowest BCUT2D eigenvalue weighted by Crippen LogP contribution is -2.51. The second-order valence-electron chi connectivity index (χ2n) is 3.24. The summed E-state index contributed by atoms with van der Waals surface area (Å²) in [7, 11) is 0. The zero-order valence-electron chi connectivity index (χ0n) is 7.36. The Labute approximate surface area is 72.3 Å². The predicted molar refractivity (Wildman–Crippen MR) is 45.5 cm³/mol. The van der Waals surface area contributed by atoms with Gasteiger partial charge in [0.05, 0.1) is 18.7 Å². The number of likely N-dealkylation sites (tertiary alicyclic amines) is 1. The molecule has 4 nitrogen and oxygen atoms in total. The number of aliphatic hydroxyl groups is 1. The summed E-state index contributed by atoms with van der Waals surface area (Å²) < 4.78 is 0. The highest BCUT2D eigenvalue weighted by Crippen LogP contribution is 2.16. The Morgan fingerprint density at radius 2 is 2.42 bits per heavy atom. The molecule has 3 N–H and O–H groups in total. The lowest BCUT2D eigenvalue weighted by Gasteiger charge is -2.36. The van der Waals surface area contributed by atoms with E-state index < -0.39 is 0 Å². The van der Waals surface area contributed by atoms with Gasteiger partial charge in [-0.05, 0) is 19.8 Å². The van der Waals surface area contributed by atoms with E-state index in [1.54, 1.807) is 4.90 Å². The summed E-state index contributed by atoms with van der Waals surface area (Å²) in [6.07, 6.45) is 1.28. The molecule has 0 radical (unpaired) electrons. The zero-order valence-corrected chi connectivity index (χ0v) is 7.36. The van der Waals surface area contributed by atoms with Gasteiger partial charge in [-0.15, -0.1) is 0 Å². The highest BCUT2D eigenvalue weighted by atomic mass is 16.3. The van der Waals surface area contributed by atoms with Crippen LogP contribution >= 0.6 is 0 Å². The van der Waals surface area contributed by atoms with E-state index in [4.69, 9.17) is 5.73 Å². The van der Waals surface area contributed by atoms with Gasteiger partial charge in [0.15, 0.2) is 0 Å². The summed E-state index contributed by atoms with van der Waals surface area (Å²) in [5.41, 5.74) is 5.24. The lowest BCUT2D eigenvalue weighted by atomic mass is 10.0. The van der Waals surface area contributed by atoms with Crippen LogP contribution < -0.4 is 5.73 Å². The summed E-state index contributed by atoms with van der Waals surface area (Å²) >= 11 is 0. The van der Waals surface area contributed by atoms with E-state index in [9.17, 15) is 9.90 Å². The van der Waals surface area contributed by atoms with Crippen molar-refractivity contribution in [2.75, 3.05) is 13.1 Å². The van der Waals surface area contributed by atoms with Crippen molar-refractivity contribution in [3.63, 3.8) is 0 Å². The first-order valence-corrected chi connectivity index (χ1v) is 4.34. The van der Waals surface area contributed by atoms with Crippen LogP contribution in [0.4, 0.5) is 0 Å². The molecule has 4 heteroatoms. The topological polar surface area (TPSA) is 66.6 Å². The molecule has 1 saturated heterocycles. The van der Waals surface area contributed by atoms with Gasteiger partial charge in [0.2, 0.25) is 5.91 Å². The predicted octanol–water partition coefficient (Wildman–Crippen LogP) is -0.683. The molecule has 0 bridgehead atoms. The standard InChI is InChI=1S/C8H16N2O2/c1-6-7(11)3-2-4-10(6)8(12)5-9/h6-7,11H,2-5,9H2,1H3. The number of amides is 1. The van der Waals surface area contributed by atoms with E-state index in [1.807, 2.05) is 6.92 Å². The van der Waals surface area contributed by atoms with Crippen LogP contribution in [0.2, 0.25) is 0 Å². The first-order valence-electron chi connectivity index (χ1n) is 4.34. The van der Waals surface area contributed by atoms with Crippen molar-refractivity contribution in [3.8, 4) is 0 Å². The second kappa shape index (κ2) is 3.87. The van der Waals surface area contributed by atoms with Crippen molar-refractivity contribution >= 4 is 5.91 Å². The Morgan fingerprint density at radius 3 is 3.00 bits per heavy atom. The Kier molecular flexibility index (Phi) is 3.05. The van der Waals surface area contributed by atoms with E-state index in [1.165, 1.54) is 0 Å². The molecule has 12 heavy (non-hydrogen) atoms. The molecule has 0 aliphatic carbocycles. The normalized spacial score (nSPS) is 30.4. The number of carbonyl (C=O) groups excluding carboxylic acids is 1. The number of rotatable bonds is 1. The summed E-state index contributed by atoms with van der Waals surface area (Å²) in [5, 5.41) is 9.46. The number of piperidine rings is 1. The minimum atomic E-state index is -0.380. The highest BCUT2D eigenvalue weighted by molar-refractivity contribution is 5.78. The van der Waals surface area contributed by atoms with E-state index in [-0.39, 0.29) is 24.6 Å². The fourth-order valence-corrected chi connectivity index (χ4v) is 1.59. The van der Waals surface area contributed by atoms with E-state index in [0.29, 0.717) is 0 Å². The summed E-state index contributed by atoms with van der Waals surface area (Å²) in [5.74, 6) is -0.0683. The van der Waals surface area contributed by atoms with Crippen molar-refractivity contribution in [3.05, 3.63) is 0 Å². The first kappa shape index (κ1) is 9.48. The van der Waals surface area contributed by atoms with Gasteiger partial charge in [-0.1, -0.05) is 0 Å². The fourth-order valence-electron chi connectivity index (χ4n) is 1.59. The molecule has 1 aliphatic heterocycles. The minimum absolute atomic E-state index is 0.0387. The number of hydrogen-bond donors (Lipinski definition) is 2. The van der Waals surface area contributed by atoms with E-state index >= 15 is 0 Å². The van der Waals surface area contributed by atoms with Crippen molar-refractivity contribution in [1.82, 2.24) is 4.90 Å². The van der Waals surface area contributed by atoms with Crippen LogP contribution in [0, 0.1) is 0 Å². The molecular weight excluding hydrogens is 156 g/mol. The van der Waals surface area contributed by atoms with E-state index in [0.717, 1.165) is 19.4 Å². The van der Waals surface area contributed by atoms with Gasteiger partial charge in [0, 0.05) is 6.54 Å². The fraction of sp³-hybridized carbons (Fsp3) is 0.875. The van der Waals surface area contributed by atoms with Gasteiger partial charge in [-0.25, -0.2) is 0 Å². The second-order valence-corrected chi connectivity index (χ2v) is 3.24. The quantitative estimate of drug-likeness (QED) is 0.550. The summed E-state index contributed by atoms with van der Waals surface area (Å²) in [6, 6.07) is -0.0743. The number of nitrogens with two attached hydrogens (primary N) is 1. The van der Waals surface area contributed by atoms with Crippen LogP contribution in [-0.2, 0) is 4.79 Å². The molecule has 1 rings (SSSR count). The maximum atomic E-state index is 11.2. The first-order chi connectivity index (χ1) is 5.66. The van der Waals surface area contributed by atoms with Gasteiger partial charge in [0.1, 0.15) is 0 Å². The van der Waals surface area contributed by atoms with Gasteiger partial charge in [0.25, 0.3) is 0 Å². The van der Waals surface area contributed by atoms with Crippen LogP contribution in [-0.4, -0.2) is 41.1 Å². The maximum absolute atomic E-state index is 11.2. The molecule has 0 spiro atoms. The zero-order chi connectivity index (χ0) is 9.14. The molecule has 0 saturated carbocycles. The number of carbonyl (C=O) groups is 1. The third kappa shape index (κ3) is 1.76. The number of nitrogens with zero attached hydrogens (tertiary/aromatic N) is 1. The van der Waals surface area contributed by atoms with E-state index in [2.05, 4.69) is 0 Å². The van der Waals surface area contributed by atoms with Crippen LogP contribution in [0.15, 0.2) is 0 Å². The molecule has 2 atom stereocenters. The molecule has 1 aliphatic rings. The molecule has 0 aromatic carbocycles. The van der Waals surface area contributed by atoms with Crippen LogP contribution in [0.25, 0.3) is 0 Å². The molecule has 1 fully saturated rings. The summed E-state index contributed by atoms with van der Waals surface area (Å²) in [4.78, 5) is 12.9. The SMILES string of the molecule is CC1C(O)CCCN1C(=O)CN. The lowest BCUT2D eigenvalue weighted by molar-refractivity contribution is -0.136. The molecule has 1 heterocycles. The molecule has 0 aromatic rings. The molecule has 1 amide bonds. The Bertz CT molecular complexity index is 172. The van der Waals surface area contributed by atoms with Gasteiger partial charge < -0.3 is 15.7 Å². The van der Waals surface area contributed by atoms with Crippen LogP contribution in [0.1, 0.15) is 19.8 Å². The third-order valence-corrected chi connectivity index (χ3v) is 2.44. The van der Waals surface area contributed by atoms with Gasteiger partial charge >= 0.3 is 0 Å². The molecule has 0 aromatic heterocycles. The average Bonchev–Trinajstić information content (AvgIpc) is 2.08. The Morgan fingerprint density at radius 1 is 1.75 bits per heavy atom. The summed E-state index contributed by atoms with van der Waals surface area (Å²) in [6.45, 7) is 2.63. The van der Waals surface area contributed by atoms with Gasteiger partial charge in [-0.2, -0.15) is 0 Å². The molecule has 70 valence electrons. The minimum Gasteiger partial charge on any atom is -0.391 e. The maximum Gasteiger partial charge on any atom is 0.236 e. The van der Waals surface area contributed by atoms with Crippen molar-refractivity contribution < 1.29 is 9.90 Å². The van der Waals surface area contributed by atoms with Crippen LogP contribution in [0.5, 0.6) is 0 Å². The molecular formula is C8H16N2O2.